The maximum atomic E-state index is 11.7. The highest BCUT2D eigenvalue weighted by molar-refractivity contribution is 7.90. The highest BCUT2D eigenvalue weighted by Crippen LogP contribution is 2.24. The van der Waals surface area contributed by atoms with Gasteiger partial charge in [-0.05, 0) is 66.1 Å². The van der Waals surface area contributed by atoms with Crippen molar-refractivity contribution in [2.75, 3.05) is 6.26 Å². The minimum Gasteiger partial charge on any atom is -0.364 e. The standard InChI is InChI=1S/C27H24N4O3S/c1-18-15-25(27(28)32)29-31(18)23-9-12-26-22(16-23)13-14-30(26)17-19-3-5-20(6-4-19)21-7-10-24(11-8-21)35(2,33)34/h3-16H,17H2,1-2H3,(H2,28,32). The largest absolute Gasteiger partial charge is 0.364 e. The van der Waals surface area contributed by atoms with Crippen LogP contribution in [0.1, 0.15) is 21.7 Å². The van der Waals surface area contributed by atoms with Crippen LogP contribution in [0.4, 0.5) is 0 Å². The van der Waals surface area contributed by atoms with Gasteiger partial charge in [0.2, 0.25) is 0 Å². The summed E-state index contributed by atoms with van der Waals surface area (Å²) in [5.41, 5.74) is 11.6. The third kappa shape index (κ3) is 4.48. The van der Waals surface area contributed by atoms with E-state index in [1.807, 2.05) is 49.4 Å². The molecule has 0 aliphatic heterocycles. The third-order valence-corrected chi connectivity index (χ3v) is 7.19. The van der Waals surface area contributed by atoms with E-state index in [2.05, 4.69) is 34.1 Å². The van der Waals surface area contributed by atoms with Crippen molar-refractivity contribution in [1.29, 1.82) is 0 Å². The molecule has 0 saturated heterocycles. The van der Waals surface area contributed by atoms with E-state index in [9.17, 15) is 13.2 Å². The first-order valence-corrected chi connectivity index (χ1v) is 12.9. The molecule has 0 spiro atoms. The number of nitrogens with zero attached hydrogens (tertiary/aromatic N) is 3. The van der Waals surface area contributed by atoms with Gasteiger partial charge in [-0.1, -0.05) is 36.4 Å². The van der Waals surface area contributed by atoms with E-state index in [4.69, 9.17) is 5.73 Å². The second kappa shape index (κ2) is 8.56. The first-order chi connectivity index (χ1) is 16.7. The zero-order valence-electron chi connectivity index (χ0n) is 19.3. The summed E-state index contributed by atoms with van der Waals surface area (Å²) in [7, 11) is -3.20. The maximum Gasteiger partial charge on any atom is 0.269 e. The van der Waals surface area contributed by atoms with Crippen molar-refractivity contribution < 1.29 is 13.2 Å². The molecule has 0 fully saturated rings. The highest BCUT2D eigenvalue weighted by atomic mass is 32.2. The molecule has 7 nitrogen and oxygen atoms in total. The molecule has 5 aromatic rings. The minimum absolute atomic E-state index is 0.245. The monoisotopic (exact) mass is 484 g/mol. The number of aromatic nitrogens is 3. The number of hydrogen-bond acceptors (Lipinski definition) is 4. The molecule has 0 unspecified atom stereocenters. The number of benzene rings is 3. The van der Waals surface area contributed by atoms with Crippen LogP contribution < -0.4 is 5.73 Å². The van der Waals surface area contributed by atoms with Crippen LogP contribution >= 0.6 is 0 Å². The highest BCUT2D eigenvalue weighted by Gasteiger charge is 2.12. The summed E-state index contributed by atoms with van der Waals surface area (Å²) in [6.45, 7) is 2.60. The van der Waals surface area contributed by atoms with Crippen LogP contribution in [-0.2, 0) is 16.4 Å². The summed E-state index contributed by atoms with van der Waals surface area (Å²) in [6, 6.07) is 25.0. The van der Waals surface area contributed by atoms with Gasteiger partial charge in [-0.2, -0.15) is 5.10 Å². The lowest BCUT2D eigenvalue weighted by Gasteiger charge is -2.09. The van der Waals surface area contributed by atoms with Crippen molar-refractivity contribution in [2.45, 2.75) is 18.4 Å². The Kier molecular flexibility index (Phi) is 5.53. The Bertz CT molecular complexity index is 1660. The molecule has 0 atom stereocenters. The normalized spacial score (nSPS) is 11.7. The number of primary amides is 1. The van der Waals surface area contributed by atoms with Crippen molar-refractivity contribution in [3.8, 4) is 16.8 Å². The predicted molar refractivity (Wildman–Crippen MR) is 136 cm³/mol. The maximum absolute atomic E-state index is 11.7. The van der Waals surface area contributed by atoms with E-state index in [-0.39, 0.29) is 5.69 Å². The SMILES string of the molecule is Cc1cc(C(N)=O)nn1-c1ccc2c(ccn2Cc2ccc(-c3ccc(S(C)(=O)=O)cc3)cc2)c1. The van der Waals surface area contributed by atoms with E-state index in [1.165, 1.54) is 6.26 Å². The van der Waals surface area contributed by atoms with Gasteiger partial charge in [0.05, 0.1) is 10.6 Å². The zero-order valence-corrected chi connectivity index (χ0v) is 20.2. The van der Waals surface area contributed by atoms with Gasteiger partial charge in [-0.3, -0.25) is 4.79 Å². The lowest BCUT2D eigenvalue weighted by Crippen LogP contribution is -2.12. The number of carbonyl (C=O) groups is 1. The van der Waals surface area contributed by atoms with Crippen LogP contribution in [0.3, 0.4) is 0 Å². The molecular weight excluding hydrogens is 460 g/mol. The molecule has 2 heterocycles. The smallest absolute Gasteiger partial charge is 0.269 e. The fourth-order valence-electron chi connectivity index (χ4n) is 4.21. The summed E-state index contributed by atoms with van der Waals surface area (Å²) in [5.74, 6) is -0.545. The number of nitrogens with two attached hydrogens (primary N) is 1. The Morgan fingerprint density at radius 3 is 2.17 bits per heavy atom. The average molecular weight is 485 g/mol. The first-order valence-electron chi connectivity index (χ1n) is 11.0. The van der Waals surface area contributed by atoms with Crippen molar-refractivity contribution in [3.63, 3.8) is 0 Å². The molecule has 3 aromatic carbocycles. The Hall–Kier alpha value is -4.17. The van der Waals surface area contributed by atoms with Gasteiger partial charge in [0.1, 0.15) is 0 Å². The van der Waals surface area contributed by atoms with Gasteiger partial charge in [0, 0.05) is 35.6 Å². The van der Waals surface area contributed by atoms with E-state index in [0.29, 0.717) is 11.4 Å². The van der Waals surface area contributed by atoms with Crippen LogP contribution in [0.25, 0.3) is 27.7 Å². The Labute approximate surface area is 203 Å². The summed E-state index contributed by atoms with van der Waals surface area (Å²) < 4.78 is 27.3. The zero-order chi connectivity index (χ0) is 24.7. The number of amides is 1. The van der Waals surface area contributed by atoms with Crippen molar-refractivity contribution in [3.05, 3.63) is 102 Å². The van der Waals surface area contributed by atoms with Crippen LogP contribution in [-0.4, -0.2) is 34.9 Å². The Morgan fingerprint density at radius 2 is 1.57 bits per heavy atom. The number of aryl methyl sites for hydroxylation is 1. The van der Waals surface area contributed by atoms with Crippen molar-refractivity contribution in [1.82, 2.24) is 14.3 Å². The van der Waals surface area contributed by atoms with E-state index < -0.39 is 15.7 Å². The number of fused-ring (bicyclic) bond motifs is 1. The topological polar surface area (TPSA) is 100.0 Å². The molecule has 0 aliphatic carbocycles. The lowest BCUT2D eigenvalue weighted by atomic mass is 10.0. The Balaban J connectivity index is 1.37. The number of sulfone groups is 1. The third-order valence-electron chi connectivity index (χ3n) is 6.06. The van der Waals surface area contributed by atoms with Gasteiger partial charge in [-0.25, -0.2) is 13.1 Å². The quantitative estimate of drug-likeness (QED) is 0.387. The molecule has 0 aliphatic rings. The summed E-state index contributed by atoms with van der Waals surface area (Å²) in [5, 5.41) is 5.39. The molecule has 0 saturated carbocycles. The van der Waals surface area contributed by atoms with Gasteiger partial charge in [0.15, 0.2) is 15.5 Å². The number of rotatable bonds is 6. The van der Waals surface area contributed by atoms with E-state index >= 15 is 0 Å². The van der Waals surface area contributed by atoms with Gasteiger partial charge in [0.25, 0.3) is 5.91 Å². The molecule has 5 rings (SSSR count). The lowest BCUT2D eigenvalue weighted by molar-refractivity contribution is 0.0995. The number of carbonyl (C=O) groups excluding carboxylic acids is 1. The molecule has 35 heavy (non-hydrogen) atoms. The molecule has 1 amide bonds. The average Bonchev–Trinajstić information content (AvgIpc) is 3.42. The first kappa shape index (κ1) is 22.6. The predicted octanol–water partition coefficient (Wildman–Crippen LogP) is 4.35. The molecule has 2 N–H and O–H groups in total. The molecule has 176 valence electrons. The second-order valence-electron chi connectivity index (χ2n) is 8.63. The van der Waals surface area contributed by atoms with Crippen LogP contribution in [0.15, 0.2) is 90.0 Å². The van der Waals surface area contributed by atoms with Gasteiger partial charge >= 0.3 is 0 Å². The summed E-state index contributed by atoms with van der Waals surface area (Å²) >= 11 is 0. The molecule has 0 bridgehead atoms. The summed E-state index contributed by atoms with van der Waals surface area (Å²) in [4.78, 5) is 11.8. The molecule has 0 radical (unpaired) electrons. The minimum atomic E-state index is -3.20. The van der Waals surface area contributed by atoms with Crippen molar-refractivity contribution in [2.24, 2.45) is 5.73 Å². The number of hydrogen-bond donors (Lipinski definition) is 1. The second-order valence-corrected chi connectivity index (χ2v) is 10.6. The van der Waals surface area contributed by atoms with Crippen LogP contribution in [0.5, 0.6) is 0 Å². The summed E-state index contributed by atoms with van der Waals surface area (Å²) in [6.07, 6.45) is 3.26. The van der Waals surface area contributed by atoms with Crippen LogP contribution in [0, 0.1) is 6.92 Å². The van der Waals surface area contributed by atoms with Crippen LogP contribution in [0.2, 0.25) is 0 Å². The fraction of sp³-hybridized carbons (Fsp3) is 0.111. The van der Waals surface area contributed by atoms with Gasteiger partial charge in [-0.15, -0.1) is 0 Å². The van der Waals surface area contributed by atoms with Gasteiger partial charge < -0.3 is 10.3 Å². The fourth-order valence-corrected chi connectivity index (χ4v) is 4.84. The van der Waals surface area contributed by atoms with Crippen molar-refractivity contribution >= 4 is 26.6 Å². The van der Waals surface area contributed by atoms with E-state index in [1.54, 1.807) is 22.9 Å². The Morgan fingerprint density at radius 1 is 0.914 bits per heavy atom. The molecule has 2 aromatic heterocycles. The molecule has 8 heteroatoms. The molecular formula is C27H24N4O3S. The van der Waals surface area contributed by atoms with E-state index in [0.717, 1.165) is 39.0 Å².